The van der Waals surface area contributed by atoms with Crippen molar-refractivity contribution in [3.8, 4) is 0 Å². The molecule has 4 rings (SSSR count). The summed E-state index contributed by atoms with van der Waals surface area (Å²) >= 11 is 1.46. The lowest BCUT2D eigenvalue weighted by atomic mass is 9.95. The highest BCUT2D eigenvalue weighted by molar-refractivity contribution is 7.17. The number of fused-ring (bicyclic) bond motifs is 1. The van der Waals surface area contributed by atoms with Gasteiger partial charge in [0.1, 0.15) is 5.00 Å². The number of carbonyl (C=O) groups is 3. The number of amides is 3. The number of anilines is 2. The molecule has 2 aromatic heterocycles. The molecule has 0 fully saturated rings. The minimum Gasteiger partial charge on any atom is -0.332 e. The molecule has 2 heterocycles. The van der Waals surface area contributed by atoms with Crippen LogP contribution in [0.3, 0.4) is 0 Å². The molecule has 0 unspecified atom stereocenters. The Morgan fingerprint density at radius 1 is 1.03 bits per heavy atom. The number of rotatable bonds is 6. The molecule has 34 heavy (non-hydrogen) atoms. The SMILES string of the molecule is Cc1cccc(C)c1NC(=O)CN(C)C(=O)c1c(NC(=O)c2cccnc2)sc2c1CCCC2. The minimum absolute atomic E-state index is 0.0901. The predicted octanol–water partition coefficient (Wildman–Crippen LogP) is 4.60. The summed E-state index contributed by atoms with van der Waals surface area (Å²) in [4.78, 5) is 45.6. The first-order chi connectivity index (χ1) is 16.3. The van der Waals surface area contributed by atoms with Crippen LogP contribution in [0.5, 0.6) is 0 Å². The van der Waals surface area contributed by atoms with Gasteiger partial charge in [-0.2, -0.15) is 0 Å². The summed E-state index contributed by atoms with van der Waals surface area (Å²) in [6.07, 6.45) is 6.84. The van der Waals surface area contributed by atoms with Gasteiger partial charge in [-0.25, -0.2) is 0 Å². The number of hydrogen-bond donors (Lipinski definition) is 2. The molecule has 1 aliphatic rings. The number of nitrogens with zero attached hydrogens (tertiary/aromatic N) is 2. The number of aryl methyl sites for hydroxylation is 3. The molecule has 8 heteroatoms. The van der Waals surface area contributed by atoms with E-state index >= 15 is 0 Å². The molecular formula is C26H28N4O3S. The lowest BCUT2D eigenvalue weighted by molar-refractivity contribution is -0.116. The van der Waals surface area contributed by atoms with Gasteiger partial charge in [0.25, 0.3) is 11.8 Å². The normalized spacial score (nSPS) is 12.6. The topological polar surface area (TPSA) is 91.4 Å². The van der Waals surface area contributed by atoms with Crippen LogP contribution in [0.15, 0.2) is 42.7 Å². The Bertz CT molecular complexity index is 1220. The molecule has 176 valence electrons. The molecule has 3 aromatic rings. The number of hydrogen-bond acceptors (Lipinski definition) is 5. The number of nitrogens with one attached hydrogen (secondary N) is 2. The van der Waals surface area contributed by atoms with Gasteiger partial charge in [-0.3, -0.25) is 19.4 Å². The Morgan fingerprint density at radius 2 is 1.76 bits per heavy atom. The molecule has 1 aliphatic carbocycles. The van der Waals surface area contributed by atoms with E-state index in [4.69, 9.17) is 0 Å². The summed E-state index contributed by atoms with van der Waals surface area (Å²) in [5.41, 5.74) is 4.62. The zero-order valence-corrected chi connectivity index (χ0v) is 20.4. The maximum absolute atomic E-state index is 13.5. The van der Waals surface area contributed by atoms with E-state index in [0.29, 0.717) is 16.1 Å². The first kappa shape index (κ1) is 23.6. The third kappa shape index (κ3) is 5.02. The molecular weight excluding hydrogens is 448 g/mol. The standard InChI is InChI=1S/C26H28N4O3S/c1-16-8-6-9-17(2)23(16)28-21(31)15-30(3)26(33)22-19-11-4-5-12-20(19)34-25(22)29-24(32)18-10-7-13-27-14-18/h6-10,13-14H,4-5,11-12,15H2,1-3H3,(H,28,31)(H,29,32). The molecule has 3 amide bonds. The van der Waals surface area contributed by atoms with Gasteiger partial charge in [-0.1, -0.05) is 18.2 Å². The summed E-state index contributed by atoms with van der Waals surface area (Å²) in [7, 11) is 1.62. The highest BCUT2D eigenvalue weighted by atomic mass is 32.1. The van der Waals surface area contributed by atoms with Crippen molar-refractivity contribution in [2.24, 2.45) is 0 Å². The molecule has 0 bridgehead atoms. The van der Waals surface area contributed by atoms with Crippen LogP contribution in [0.2, 0.25) is 0 Å². The fourth-order valence-electron chi connectivity index (χ4n) is 4.22. The molecule has 0 saturated carbocycles. The number of para-hydroxylation sites is 1. The second kappa shape index (κ2) is 10.2. The van der Waals surface area contributed by atoms with Crippen molar-refractivity contribution in [2.75, 3.05) is 24.2 Å². The fraction of sp³-hybridized carbons (Fsp3) is 0.308. The smallest absolute Gasteiger partial charge is 0.257 e. The average Bonchev–Trinajstić information content (AvgIpc) is 3.19. The lowest BCUT2D eigenvalue weighted by Gasteiger charge is -2.20. The largest absolute Gasteiger partial charge is 0.332 e. The van der Waals surface area contributed by atoms with Crippen molar-refractivity contribution < 1.29 is 14.4 Å². The van der Waals surface area contributed by atoms with Crippen LogP contribution in [-0.2, 0) is 17.6 Å². The third-order valence-corrected chi connectivity index (χ3v) is 7.22. The van der Waals surface area contributed by atoms with Crippen molar-refractivity contribution in [2.45, 2.75) is 39.5 Å². The van der Waals surface area contributed by atoms with Gasteiger partial charge in [0.15, 0.2) is 0 Å². The van der Waals surface area contributed by atoms with Crippen molar-refractivity contribution in [1.82, 2.24) is 9.88 Å². The predicted molar refractivity (Wildman–Crippen MR) is 135 cm³/mol. The van der Waals surface area contributed by atoms with Crippen LogP contribution >= 0.6 is 11.3 Å². The van der Waals surface area contributed by atoms with Gasteiger partial charge in [0, 0.05) is 30.0 Å². The van der Waals surface area contributed by atoms with Gasteiger partial charge < -0.3 is 15.5 Å². The highest BCUT2D eigenvalue weighted by Crippen LogP contribution is 2.39. The van der Waals surface area contributed by atoms with Gasteiger partial charge in [-0.05, 0) is 68.4 Å². The molecule has 7 nitrogen and oxygen atoms in total. The first-order valence-corrected chi connectivity index (χ1v) is 12.1. The van der Waals surface area contributed by atoms with E-state index in [0.717, 1.165) is 52.9 Å². The van der Waals surface area contributed by atoms with E-state index in [9.17, 15) is 14.4 Å². The highest BCUT2D eigenvalue weighted by Gasteiger charge is 2.29. The summed E-state index contributed by atoms with van der Waals surface area (Å²) in [6, 6.07) is 9.19. The van der Waals surface area contributed by atoms with Crippen molar-refractivity contribution in [3.63, 3.8) is 0 Å². The zero-order valence-electron chi connectivity index (χ0n) is 19.6. The summed E-state index contributed by atoms with van der Waals surface area (Å²) in [5.74, 6) is -0.841. The van der Waals surface area contributed by atoms with E-state index in [2.05, 4.69) is 15.6 Å². The van der Waals surface area contributed by atoms with Crippen LogP contribution in [0.1, 0.15) is 55.1 Å². The van der Waals surface area contributed by atoms with E-state index in [1.165, 1.54) is 22.4 Å². The Kier molecular flexibility index (Phi) is 7.07. The zero-order chi connectivity index (χ0) is 24.2. The Morgan fingerprint density at radius 3 is 2.47 bits per heavy atom. The van der Waals surface area contributed by atoms with Crippen molar-refractivity contribution in [1.29, 1.82) is 0 Å². The molecule has 2 N–H and O–H groups in total. The number of pyridine rings is 1. The molecule has 1 aromatic carbocycles. The molecule has 0 saturated heterocycles. The van der Waals surface area contributed by atoms with Gasteiger partial charge in [0.05, 0.1) is 17.7 Å². The lowest BCUT2D eigenvalue weighted by Crippen LogP contribution is -2.36. The fourth-order valence-corrected chi connectivity index (χ4v) is 5.50. The number of thiophene rings is 1. The Labute approximate surface area is 203 Å². The molecule has 0 atom stereocenters. The quantitative estimate of drug-likeness (QED) is 0.544. The van der Waals surface area contributed by atoms with E-state index in [1.807, 2.05) is 32.0 Å². The Balaban J connectivity index is 1.55. The van der Waals surface area contributed by atoms with E-state index < -0.39 is 0 Å². The van der Waals surface area contributed by atoms with Gasteiger partial charge in [0.2, 0.25) is 5.91 Å². The number of aromatic nitrogens is 1. The second-order valence-corrected chi connectivity index (χ2v) is 9.69. The van der Waals surface area contributed by atoms with Crippen LogP contribution in [0, 0.1) is 13.8 Å². The average molecular weight is 477 g/mol. The van der Waals surface area contributed by atoms with Crippen LogP contribution in [0.4, 0.5) is 10.7 Å². The number of likely N-dealkylation sites (N-methyl/N-ethyl adjacent to an activating group) is 1. The summed E-state index contributed by atoms with van der Waals surface area (Å²) in [6.45, 7) is 3.78. The van der Waals surface area contributed by atoms with Gasteiger partial charge in [-0.15, -0.1) is 11.3 Å². The Hall–Kier alpha value is -3.52. The maximum Gasteiger partial charge on any atom is 0.257 e. The van der Waals surface area contributed by atoms with Gasteiger partial charge >= 0.3 is 0 Å². The summed E-state index contributed by atoms with van der Waals surface area (Å²) < 4.78 is 0. The monoisotopic (exact) mass is 476 g/mol. The maximum atomic E-state index is 13.5. The second-order valence-electron chi connectivity index (χ2n) is 8.59. The first-order valence-electron chi connectivity index (χ1n) is 11.3. The summed E-state index contributed by atoms with van der Waals surface area (Å²) in [5, 5.41) is 6.39. The van der Waals surface area contributed by atoms with Crippen molar-refractivity contribution >= 4 is 39.7 Å². The van der Waals surface area contributed by atoms with Crippen LogP contribution < -0.4 is 10.6 Å². The molecule has 0 aliphatic heterocycles. The number of benzene rings is 1. The van der Waals surface area contributed by atoms with E-state index in [1.54, 1.807) is 25.4 Å². The van der Waals surface area contributed by atoms with E-state index in [-0.39, 0.29) is 24.3 Å². The number of carbonyl (C=O) groups excluding carboxylic acids is 3. The van der Waals surface area contributed by atoms with Crippen LogP contribution in [-0.4, -0.2) is 41.2 Å². The molecule has 0 radical (unpaired) electrons. The third-order valence-electron chi connectivity index (χ3n) is 6.01. The minimum atomic E-state index is -0.309. The van der Waals surface area contributed by atoms with Crippen molar-refractivity contribution in [3.05, 3.63) is 75.4 Å². The molecule has 0 spiro atoms. The van der Waals surface area contributed by atoms with Crippen LogP contribution in [0.25, 0.3) is 0 Å².